The summed E-state index contributed by atoms with van der Waals surface area (Å²) in [7, 11) is 0. The normalized spacial score (nSPS) is 27.8. The number of ether oxygens (including phenoxy) is 1. The quantitative estimate of drug-likeness (QED) is 0.440. The fourth-order valence-corrected chi connectivity index (χ4v) is 2.54. The van der Waals surface area contributed by atoms with Crippen molar-refractivity contribution < 1.29 is 35.5 Å². The van der Waals surface area contributed by atoms with Gasteiger partial charge in [0.1, 0.15) is 12.4 Å². The molecule has 0 spiro atoms. The molecule has 4 atom stereocenters. The Kier molecular flexibility index (Phi) is 3.67. The number of hydrogen-bond acceptors (Lipinski definition) is 7. The Labute approximate surface area is 134 Å². The van der Waals surface area contributed by atoms with Crippen LogP contribution >= 0.6 is 0 Å². The molecule has 24 heavy (non-hydrogen) atoms. The highest BCUT2D eigenvalue weighted by Gasteiger charge is 2.31. The van der Waals surface area contributed by atoms with Gasteiger partial charge in [0.25, 0.3) is 0 Å². The molecule has 2 aromatic rings. The number of quaternary nitrogens is 4. The summed E-state index contributed by atoms with van der Waals surface area (Å²) in [5.41, 5.74) is 1.43. The second kappa shape index (κ2) is 5.73. The molecule has 0 amide bonds. The van der Waals surface area contributed by atoms with Gasteiger partial charge in [-0.05, 0) is 17.7 Å². The Morgan fingerprint density at radius 3 is 1.92 bits per heavy atom. The molecule has 11 nitrogen and oxygen atoms in total. The minimum absolute atomic E-state index is 0.108. The van der Waals surface area contributed by atoms with E-state index in [1.165, 1.54) is 24.3 Å². The topological polar surface area (TPSA) is 138 Å². The minimum Gasteiger partial charge on any atom is -0.590 e. The Morgan fingerprint density at radius 2 is 1.25 bits per heavy atom. The molecule has 126 valence electrons. The van der Waals surface area contributed by atoms with Crippen molar-refractivity contribution in [3.63, 3.8) is 0 Å². The van der Waals surface area contributed by atoms with Crippen LogP contribution < -0.4 is 25.6 Å². The van der Waals surface area contributed by atoms with E-state index in [9.17, 15) is 20.8 Å². The predicted molar refractivity (Wildman–Crippen MR) is 75.3 cm³/mol. The van der Waals surface area contributed by atoms with Crippen LogP contribution in [0.5, 0.6) is 5.75 Å². The van der Waals surface area contributed by atoms with Gasteiger partial charge in [-0.25, -0.2) is 0 Å². The molecular formula is C13H12N4O7. The minimum atomic E-state index is -0.709. The summed E-state index contributed by atoms with van der Waals surface area (Å²) in [6.45, 7) is 0.108. The summed E-state index contributed by atoms with van der Waals surface area (Å²) in [5.74, 6) is 0.375. The Bertz CT molecular complexity index is 723. The highest BCUT2D eigenvalue weighted by molar-refractivity contribution is 5.56. The lowest BCUT2D eigenvalue weighted by Crippen LogP contribution is -3.15. The first-order valence-electron chi connectivity index (χ1n) is 6.96. The van der Waals surface area contributed by atoms with Crippen LogP contribution in [0, 0.1) is 20.8 Å². The Hall–Kier alpha value is -2.16. The number of hydrogen-bond donors (Lipinski definition) is 4. The van der Waals surface area contributed by atoms with Crippen molar-refractivity contribution >= 4 is 22.7 Å². The van der Waals surface area contributed by atoms with Crippen LogP contribution in [0.1, 0.15) is 5.56 Å². The Morgan fingerprint density at radius 1 is 0.708 bits per heavy atom. The van der Waals surface area contributed by atoms with Crippen LogP contribution in [-0.4, -0.2) is 0 Å². The van der Waals surface area contributed by atoms with E-state index in [0.717, 1.165) is 0 Å². The number of fused-ring (bicyclic) bond motifs is 2. The molecule has 0 fully saturated rings. The molecule has 0 radical (unpaired) electrons. The summed E-state index contributed by atoms with van der Waals surface area (Å²) < 4.78 is 5.57. The standard InChI is InChI=1S/C13H12N4O7/c18-14-10-3-1-8(5-12(10)16(20)23-14)7-22-9-2-4-11-13(6-9)17(21)24-15(11)19/h1-6,14-17H,7H2. The summed E-state index contributed by atoms with van der Waals surface area (Å²) in [4.78, 5) is 9.02. The second-order valence-electron chi connectivity index (χ2n) is 5.23. The van der Waals surface area contributed by atoms with Crippen molar-refractivity contribution in [2.75, 3.05) is 0 Å². The SMILES string of the molecule is [O-][NH+]1O[NH+]([O-])c2cc(COc3ccc4c(c3)[NH+]([O-])O[NH+]4[O-])ccc21. The molecule has 0 saturated heterocycles. The van der Waals surface area contributed by atoms with E-state index >= 15 is 0 Å². The van der Waals surface area contributed by atoms with Crippen molar-refractivity contribution in [1.82, 2.24) is 0 Å². The van der Waals surface area contributed by atoms with E-state index in [4.69, 9.17) is 4.74 Å². The first-order chi connectivity index (χ1) is 11.5. The van der Waals surface area contributed by atoms with Crippen molar-refractivity contribution in [1.29, 1.82) is 0 Å². The first-order valence-corrected chi connectivity index (χ1v) is 6.96. The third-order valence-electron chi connectivity index (χ3n) is 3.73. The van der Waals surface area contributed by atoms with Gasteiger partial charge in [-0.2, -0.15) is 0 Å². The molecule has 2 heterocycles. The van der Waals surface area contributed by atoms with Gasteiger partial charge in [-0.1, -0.05) is 0 Å². The van der Waals surface area contributed by atoms with E-state index in [2.05, 4.69) is 9.88 Å². The van der Waals surface area contributed by atoms with Gasteiger partial charge in [-0.15, -0.1) is 20.9 Å². The maximum atomic E-state index is 11.5. The van der Waals surface area contributed by atoms with Crippen LogP contribution in [0.3, 0.4) is 0 Å². The lowest BCUT2D eigenvalue weighted by Gasteiger charge is -2.10. The summed E-state index contributed by atoms with van der Waals surface area (Å²) in [5, 5.41) is 43.1. The summed E-state index contributed by atoms with van der Waals surface area (Å²) >= 11 is 0. The summed E-state index contributed by atoms with van der Waals surface area (Å²) in [6.07, 6.45) is 0. The molecule has 11 heteroatoms. The highest BCUT2D eigenvalue weighted by Crippen LogP contribution is 2.25. The molecule has 0 saturated carbocycles. The average Bonchev–Trinajstić information content (AvgIpc) is 3.02. The van der Waals surface area contributed by atoms with Gasteiger partial charge in [0.05, 0.1) is 6.07 Å². The van der Waals surface area contributed by atoms with Crippen LogP contribution in [0.4, 0.5) is 22.7 Å². The van der Waals surface area contributed by atoms with Crippen molar-refractivity contribution in [3.05, 3.63) is 62.8 Å². The lowest BCUT2D eigenvalue weighted by molar-refractivity contribution is -1.24. The van der Waals surface area contributed by atoms with Gasteiger partial charge in [0.2, 0.25) is 22.7 Å². The molecule has 4 rings (SSSR count). The van der Waals surface area contributed by atoms with Gasteiger partial charge in [0.15, 0.2) is 0 Å². The first kappa shape index (κ1) is 15.4. The van der Waals surface area contributed by atoms with E-state index in [1.807, 2.05) is 0 Å². The zero-order valence-corrected chi connectivity index (χ0v) is 12.0. The molecule has 0 aliphatic carbocycles. The smallest absolute Gasteiger partial charge is 0.237 e. The van der Waals surface area contributed by atoms with Gasteiger partial charge in [-0.3, -0.25) is 0 Å². The highest BCUT2D eigenvalue weighted by atomic mass is 17.1. The maximum absolute atomic E-state index is 11.5. The van der Waals surface area contributed by atoms with E-state index < -0.39 is 20.9 Å². The van der Waals surface area contributed by atoms with E-state index in [-0.39, 0.29) is 29.4 Å². The Balaban J connectivity index is 1.50. The van der Waals surface area contributed by atoms with Crippen LogP contribution in [0.2, 0.25) is 0 Å². The van der Waals surface area contributed by atoms with Crippen molar-refractivity contribution in [2.24, 2.45) is 0 Å². The number of rotatable bonds is 3. The lowest BCUT2D eigenvalue weighted by atomic mass is 10.2. The van der Waals surface area contributed by atoms with Crippen LogP contribution in [-0.2, 0) is 16.5 Å². The third kappa shape index (κ3) is 2.52. The van der Waals surface area contributed by atoms with Gasteiger partial charge < -0.3 is 25.6 Å². The fourth-order valence-electron chi connectivity index (χ4n) is 2.54. The van der Waals surface area contributed by atoms with Crippen LogP contribution in [0.15, 0.2) is 36.4 Å². The molecule has 2 aromatic carbocycles. The van der Waals surface area contributed by atoms with Crippen molar-refractivity contribution in [2.45, 2.75) is 6.61 Å². The molecule has 2 aliphatic rings. The molecular weight excluding hydrogens is 324 g/mol. The van der Waals surface area contributed by atoms with E-state index in [0.29, 0.717) is 11.3 Å². The molecule has 4 N–H and O–H groups in total. The maximum Gasteiger partial charge on any atom is 0.237 e. The molecule has 0 bridgehead atoms. The molecule has 2 aliphatic heterocycles. The predicted octanol–water partition coefficient (Wildman–Crippen LogP) is -2.96. The van der Waals surface area contributed by atoms with E-state index in [1.54, 1.807) is 12.1 Å². The second-order valence-corrected chi connectivity index (χ2v) is 5.23. The molecule has 0 aromatic heterocycles. The van der Waals surface area contributed by atoms with Crippen LogP contribution in [0.25, 0.3) is 0 Å². The largest absolute Gasteiger partial charge is 0.590 e. The zero-order valence-electron chi connectivity index (χ0n) is 12.0. The number of benzene rings is 2. The zero-order chi connectivity index (χ0) is 16.8. The fraction of sp³-hybridized carbons (Fsp3) is 0.0769. The summed E-state index contributed by atoms with van der Waals surface area (Å²) in [6, 6.07) is 9.09. The average molecular weight is 336 g/mol. The van der Waals surface area contributed by atoms with Gasteiger partial charge >= 0.3 is 0 Å². The monoisotopic (exact) mass is 336 g/mol. The third-order valence-corrected chi connectivity index (χ3v) is 3.73. The number of nitrogens with one attached hydrogen (secondary N) is 4. The molecule has 4 unspecified atom stereocenters. The van der Waals surface area contributed by atoms with Crippen molar-refractivity contribution in [3.8, 4) is 5.75 Å². The van der Waals surface area contributed by atoms with Gasteiger partial charge in [0, 0.05) is 28.1 Å².